The van der Waals surface area contributed by atoms with Gasteiger partial charge in [-0.15, -0.1) is 0 Å². The first-order valence-electron chi connectivity index (χ1n) is 9.76. The number of rotatable bonds is 5. The summed E-state index contributed by atoms with van der Waals surface area (Å²) in [5.74, 6) is -1.21. The van der Waals surface area contributed by atoms with Gasteiger partial charge in [-0.1, -0.05) is 29.8 Å². The number of carbonyl (C=O) groups is 1. The minimum absolute atomic E-state index is 0.0884. The molecule has 3 aromatic rings. The zero-order chi connectivity index (χ0) is 23.0. The van der Waals surface area contributed by atoms with Crippen molar-refractivity contribution < 1.29 is 22.3 Å². The molecule has 0 saturated heterocycles. The highest BCUT2D eigenvalue weighted by atomic mass is 32.2. The standard InChI is InChI=1S/C23H25FN2O4S/c1-15-6-12-19(13-7-15)31(28,29)21-16(2)25-26(23(3,4)5)22(21)30-20(27)14-17-8-10-18(24)11-9-17/h6-13H,14H2,1-5H3. The first kappa shape index (κ1) is 22.7. The Hall–Kier alpha value is -3.00. The van der Waals surface area contributed by atoms with Gasteiger partial charge in [0, 0.05) is 0 Å². The molecule has 0 radical (unpaired) electrons. The summed E-state index contributed by atoms with van der Waals surface area (Å²) in [6.45, 7) is 8.93. The molecule has 0 N–H and O–H groups in total. The van der Waals surface area contributed by atoms with Crippen LogP contribution in [0.1, 0.15) is 37.6 Å². The average molecular weight is 445 g/mol. The number of carbonyl (C=O) groups excluding carboxylic acids is 1. The van der Waals surface area contributed by atoms with Crippen molar-refractivity contribution in [3.05, 3.63) is 71.2 Å². The SMILES string of the molecule is Cc1ccc(S(=O)(=O)c2c(C)nn(C(C)(C)C)c2OC(=O)Cc2ccc(F)cc2)cc1. The molecule has 1 aromatic heterocycles. The van der Waals surface area contributed by atoms with Gasteiger partial charge >= 0.3 is 5.97 Å². The maximum Gasteiger partial charge on any atom is 0.317 e. The Morgan fingerprint density at radius 2 is 1.61 bits per heavy atom. The third kappa shape index (κ3) is 4.85. The number of hydrogen-bond donors (Lipinski definition) is 0. The van der Waals surface area contributed by atoms with Gasteiger partial charge in [0.05, 0.1) is 22.5 Å². The maximum absolute atomic E-state index is 13.4. The topological polar surface area (TPSA) is 78.3 Å². The molecule has 3 rings (SSSR count). The summed E-state index contributed by atoms with van der Waals surface area (Å²) < 4.78 is 47.0. The van der Waals surface area contributed by atoms with Crippen LogP contribution < -0.4 is 4.74 Å². The van der Waals surface area contributed by atoms with Crippen molar-refractivity contribution in [3.63, 3.8) is 0 Å². The highest BCUT2D eigenvalue weighted by Gasteiger charge is 2.34. The first-order chi connectivity index (χ1) is 14.4. The fourth-order valence-corrected chi connectivity index (χ4v) is 4.61. The number of sulfone groups is 1. The lowest BCUT2D eigenvalue weighted by Gasteiger charge is -2.22. The second-order valence-corrected chi connectivity index (χ2v) is 10.3. The van der Waals surface area contributed by atoms with E-state index in [0.717, 1.165) is 5.56 Å². The van der Waals surface area contributed by atoms with Crippen molar-refractivity contribution in [3.8, 4) is 5.88 Å². The molecule has 1 heterocycles. The molecule has 0 unspecified atom stereocenters. The summed E-state index contributed by atoms with van der Waals surface area (Å²) in [5.41, 5.74) is 1.07. The lowest BCUT2D eigenvalue weighted by molar-refractivity contribution is -0.134. The van der Waals surface area contributed by atoms with Crippen molar-refractivity contribution >= 4 is 15.8 Å². The molecule has 0 atom stereocenters. The lowest BCUT2D eigenvalue weighted by atomic mass is 10.1. The zero-order valence-corrected chi connectivity index (χ0v) is 19.0. The first-order valence-corrected chi connectivity index (χ1v) is 11.2. The van der Waals surface area contributed by atoms with E-state index in [9.17, 15) is 17.6 Å². The molecule has 6 nitrogen and oxygen atoms in total. The van der Waals surface area contributed by atoms with E-state index in [1.807, 2.05) is 27.7 Å². The third-order valence-corrected chi connectivity index (χ3v) is 6.57. The Bertz CT molecular complexity index is 1210. The smallest absolute Gasteiger partial charge is 0.317 e. The Morgan fingerprint density at radius 3 is 2.16 bits per heavy atom. The summed E-state index contributed by atoms with van der Waals surface area (Å²) in [4.78, 5) is 12.6. The molecule has 0 aliphatic heterocycles. The molecule has 0 spiro atoms. The molecule has 0 amide bonds. The van der Waals surface area contributed by atoms with Crippen LogP contribution in [-0.4, -0.2) is 24.2 Å². The van der Waals surface area contributed by atoms with Crippen molar-refractivity contribution in [2.24, 2.45) is 0 Å². The summed E-state index contributed by atoms with van der Waals surface area (Å²) >= 11 is 0. The normalized spacial score (nSPS) is 12.1. The number of hydrogen-bond acceptors (Lipinski definition) is 5. The van der Waals surface area contributed by atoms with Gasteiger partial charge in [-0.05, 0) is 64.4 Å². The van der Waals surface area contributed by atoms with Crippen molar-refractivity contribution in [1.29, 1.82) is 0 Å². The van der Waals surface area contributed by atoms with E-state index in [1.54, 1.807) is 19.1 Å². The maximum atomic E-state index is 13.4. The number of halogens is 1. The second-order valence-electron chi connectivity index (χ2n) is 8.40. The molecular formula is C23H25FN2O4S. The van der Waals surface area contributed by atoms with Crippen molar-refractivity contribution in [2.45, 2.75) is 56.4 Å². The molecule has 0 saturated carbocycles. The lowest BCUT2D eigenvalue weighted by Crippen LogP contribution is -2.26. The van der Waals surface area contributed by atoms with Gasteiger partial charge in [0.2, 0.25) is 15.7 Å². The third-order valence-electron chi connectivity index (χ3n) is 4.67. The molecule has 31 heavy (non-hydrogen) atoms. The van der Waals surface area contributed by atoms with Gasteiger partial charge in [-0.25, -0.2) is 17.5 Å². The van der Waals surface area contributed by atoms with Crippen LogP contribution in [-0.2, 0) is 26.6 Å². The van der Waals surface area contributed by atoms with Crippen molar-refractivity contribution in [1.82, 2.24) is 9.78 Å². The van der Waals surface area contributed by atoms with Crippen LogP contribution in [0.15, 0.2) is 58.3 Å². The minimum Gasteiger partial charge on any atom is -0.406 e. The van der Waals surface area contributed by atoms with Crippen LogP contribution >= 0.6 is 0 Å². The van der Waals surface area contributed by atoms with E-state index < -0.39 is 27.2 Å². The minimum atomic E-state index is -3.99. The quantitative estimate of drug-likeness (QED) is 0.546. The Morgan fingerprint density at radius 1 is 1.03 bits per heavy atom. The summed E-state index contributed by atoms with van der Waals surface area (Å²) in [7, 11) is -3.99. The van der Waals surface area contributed by atoms with Crippen LogP contribution in [0, 0.1) is 19.7 Å². The average Bonchev–Trinajstić information content (AvgIpc) is 3.01. The van der Waals surface area contributed by atoms with Gasteiger partial charge in [0.25, 0.3) is 0 Å². The number of aryl methyl sites for hydroxylation is 2. The van der Waals surface area contributed by atoms with Gasteiger partial charge < -0.3 is 4.74 Å². The van der Waals surface area contributed by atoms with E-state index in [4.69, 9.17) is 4.74 Å². The van der Waals surface area contributed by atoms with Crippen LogP contribution in [0.4, 0.5) is 4.39 Å². The van der Waals surface area contributed by atoms with Crippen LogP contribution in [0.5, 0.6) is 5.88 Å². The number of benzene rings is 2. The highest BCUT2D eigenvalue weighted by molar-refractivity contribution is 7.91. The number of esters is 1. The van der Waals surface area contributed by atoms with E-state index in [2.05, 4.69) is 5.10 Å². The van der Waals surface area contributed by atoms with E-state index in [-0.39, 0.29) is 27.8 Å². The van der Waals surface area contributed by atoms with Crippen LogP contribution in [0.2, 0.25) is 0 Å². The monoisotopic (exact) mass is 444 g/mol. The number of nitrogens with zero attached hydrogens (tertiary/aromatic N) is 2. The van der Waals surface area contributed by atoms with E-state index >= 15 is 0 Å². The molecule has 164 valence electrons. The fourth-order valence-electron chi connectivity index (χ4n) is 3.09. The van der Waals surface area contributed by atoms with Gasteiger partial charge in [0.1, 0.15) is 5.82 Å². The molecule has 2 aromatic carbocycles. The van der Waals surface area contributed by atoms with Gasteiger partial charge in [0.15, 0.2) is 4.90 Å². The molecule has 0 aliphatic rings. The Balaban J connectivity index is 2.06. The highest BCUT2D eigenvalue weighted by Crippen LogP contribution is 2.36. The molecule has 0 bridgehead atoms. The molecular weight excluding hydrogens is 419 g/mol. The fraction of sp³-hybridized carbons (Fsp3) is 0.304. The van der Waals surface area contributed by atoms with Gasteiger partial charge in [-0.3, -0.25) is 4.79 Å². The predicted molar refractivity (Wildman–Crippen MR) is 114 cm³/mol. The Labute approximate surface area is 181 Å². The van der Waals surface area contributed by atoms with Crippen molar-refractivity contribution in [2.75, 3.05) is 0 Å². The molecule has 8 heteroatoms. The second kappa shape index (κ2) is 8.26. The summed E-state index contributed by atoms with van der Waals surface area (Å²) in [5, 5.41) is 4.37. The Kier molecular flexibility index (Phi) is 6.04. The largest absolute Gasteiger partial charge is 0.406 e. The summed E-state index contributed by atoms with van der Waals surface area (Å²) in [6.07, 6.45) is -0.140. The van der Waals surface area contributed by atoms with E-state index in [1.165, 1.54) is 41.1 Å². The summed E-state index contributed by atoms with van der Waals surface area (Å²) in [6, 6.07) is 11.9. The van der Waals surface area contributed by atoms with Crippen LogP contribution in [0.25, 0.3) is 0 Å². The number of aromatic nitrogens is 2. The predicted octanol–water partition coefficient (Wildman–Crippen LogP) is 4.37. The van der Waals surface area contributed by atoms with Gasteiger partial charge in [-0.2, -0.15) is 5.10 Å². The number of ether oxygens (including phenoxy) is 1. The van der Waals surface area contributed by atoms with Crippen LogP contribution in [0.3, 0.4) is 0 Å². The molecule has 0 fully saturated rings. The molecule has 0 aliphatic carbocycles. The zero-order valence-electron chi connectivity index (χ0n) is 18.1. The van der Waals surface area contributed by atoms with E-state index in [0.29, 0.717) is 5.56 Å².